The number of hydrogen-bond donors (Lipinski definition) is 1. The van der Waals surface area contributed by atoms with Crippen LogP contribution in [0.4, 0.5) is 0 Å². The molecule has 2 rings (SSSR count). The first-order chi connectivity index (χ1) is 7.13. The Morgan fingerprint density at radius 2 is 2.13 bits per heavy atom. The van der Waals surface area contributed by atoms with Crippen LogP contribution >= 0.6 is 11.3 Å². The number of hydrogen-bond acceptors (Lipinski definition) is 5. The second kappa shape index (κ2) is 3.83. The smallest absolute Gasteiger partial charge is 0.189 e. The Kier molecular flexibility index (Phi) is 2.67. The highest BCUT2D eigenvalue weighted by Crippen LogP contribution is 2.29. The standard InChI is InChI=1S/C10H14N4S/c1-3-4-10(2,11)9-14-7-8(15-9)13-6-5-12-7/h5-6H,3-4,11H2,1-2H3. The van der Waals surface area contributed by atoms with E-state index in [1.54, 1.807) is 12.4 Å². The minimum atomic E-state index is -0.359. The molecule has 0 bridgehead atoms. The lowest BCUT2D eigenvalue weighted by atomic mass is 9.99. The van der Waals surface area contributed by atoms with Crippen LogP contribution in [0.2, 0.25) is 0 Å². The SMILES string of the molecule is CCCC(C)(N)c1nc2nccnc2s1. The van der Waals surface area contributed by atoms with Gasteiger partial charge in [0.05, 0.1) is 5.54 Å². The van der Waals surface area contributed by atoms with E-state index in [0.717, 1.165) is 22.7 Å². The lowest BCUT2D eigenvalue weighted by Gasteiger charge is -2.20. The summed E-state index contributed by atoms with van der Waals surface area (Å²) < 4.78 is 0. The minimum Gasteiger partial charge on any atom is -0.320 e. The van der Waals surface area contributed by atoms with Gasteiger partial charge >= 0.3 is 0 Å². The topological polar surface area (TPSA) is 64.7 Å². The van der Waals surface area contributed by atoms with Crippen LogP contribution in [-0.4, -0.2) is 15.0 Å². The van der Waals surface area contributed by atoms with E-state index in [2.05, 4.69) is 21.9 Å². The second-order valence-corrected chi connectivity index (χ2v) is 4.85. The third kappa shape index (κ3) is 1.98. The highest BCUT2D eigenvalue weighted by atomic mass is 32.1. The first-order valence-electron chi connectivity index (χ1n) is 5.00. The van der Waals surface area contributed by atoms with E-state index in [-0.39, 0.29) is 5.54 Å². The average molecular weight is 222 g/mol. The van der Waals surface area contributed by atoms with E-state index in [1.165, 1.54) is 11.3 Å². The van der Waals surface area contributed by atoms with E-state index in [1.807, 2.05) is 6.92 Å². The van der Waals surface area contributed by atoms with Crippen LogP contribution in [0.25, 0.3) is 10.5 Å². The zero-order valence-electron chi connectivity index (χ0n) is 8.90. The molecule has 0 radical (unpaired) electrons. The molecule has 0 aliphatic rings. The quantitative estimate of drug-likeness (QED) is 0.863. The van der Waals surface area contributed by atoms with Crippen LogP contribution in [0.15, 0.2) is 12.4 Å². The number of nitrogens with two attached hydrogens (primary N) is 1. The van der Waals surface area contributed by atoms with E-state index in [0.29, 0.717) is 5.65 Å². The molecule has 2 heterocycles. The molecule has 1 unspecified atom stereocenters. The van der Waals surface area contributed by atoms with Crippen LogP contribution in [0, 0.1) is 0 Å². The van der Waals surface area contributed by atoms with E-state index in [4.69, 9.17) is 5.73 Å². The molecule has 4 nitrogen and oxygen atoms in total. The Hall–Kier alpha value is -1.07. The molecule has 2 N–H and O–H groups in total. The Morgan fingerprint density at radius 1 is 1.40 bits per heavy atom. The number of nitrogens with zero attached hydrogens (tertiary/aromatic N) is 3. The van der Waals surface area contributed by atoms with Gasteiger partial charge in [-0.15, -0.1) is 0 Å². The Bertz CT molecular complexity index is 430. The molecule has 0 amide bonds. The van der Waals surface area contributed by atoms with Gasteiger partial charge in [-0.1, -0.05) is 24.7 Å². The molecular formula is C10H14N4S. The van der Waals surface area contributed by atoms with Gasteiger partial charge in [0.25, 0.3) is 0 Å². The maximum atomic E-state index is 6.20. The zero-order valence-corrected chi connectivity index (χ0v) is 9.71. The lowest BCUT2D eigenvalue weighted by molar-refractivity contribution is 0.445. The summed E-state index contributed by atoms with van der Waals surface area (Å²) in [6.07, 6.45) is 5.30. The van der Waals surface area contributed by atoms with Crippen LogP contribution < -0.4 is 5.73 Å². The molecule has 1 atom stereocenters. The summed E-state index contributed by atoms with van der Waals surface area (Å²) in [6.45, 7) is 4.13. The van der Waals surface area contributed by atoms with Crippen molar-refractivity contribution >= 4 is 21.8 Å². The minimum absolute atomic E-state index is 0.359. The maximum Gasteiger partial charge on any atom is 0.189 e. The van der Waals surface area contributed by atoms with E-state index in [9.17, 15) is 0 Å². The molecule has 0 fully saturated rings. The van der Waals surface area contributed by atoms with Crippen molar-refractivity contribution in [3.05, 3.63) is 17.4 Å². The summed E-state index contributed by atoms with van der Waals surface area (Å²) in [5.74, 6) is 0. The van der Waals surface area contributed by atoms with Gasteiger partial charge in [0.15, 0.2) is 10.5 Å². The van der Waals surface area contributed by atoms with Gasteiger partial charge in [-0.2, -0.15) is 0 Å². The molecule has 0 aromatic carbocycles. The Labute approximate surface area is 92.6 Å². The fourth-order valence-corrected chi connectivity index (χ4v) is 2.50. The van der Waals surface area contributed by atoms with Gasteiger partial charge in [-0.3, -0.25) is 0 Å². The molecule has 0 aliphatic carbocycles. The molecule has 80 valence electrons. The van der Waals surface area contributed by atoms with Crippen molar-refractivity contribution in [1.29, 1.82) is 0 Å². The summed E-state index contributed by atoms with van der Waals surface area (Å²) in [4.78, 5) is 13.7. The van der Waals surface area contributed by atoms with Crippen LogP contribution in [0.3, 0.4) is 0 Å². The van der Waals surface area contributed by atoms with Gasteiger partial charge in [-0.25, -0.2) is 15.0 Å². The Morgan fingerprint density at radius 3 is 2.80 bits per heavy atom. The van der Waals surface area contributed by atoms with E-state index >= 15 is 0 Å². The molecule has 15 heavy (non-hydrogen) atoms. The predicted molar refractivity (Wildman–Crippen MR) is 61.7 cm³/mol. The first kappa shape index (κ1) is 10.4. The normalized spacial score (nSPS) is 15.4. The first-order valence-corrected chi connectivity index (χ1v) is 5.82. The second-order valence-electron chi connectivity index (χ2n) is 3.87. The molecular weight excluding hydrogens is 208 g/mol. The zero-order chi connectivity index (χ0) is 10.9. The summed E-state index contributed by atoms with van der Waals surface area (Å²) in [5.41, 5.74) is 6.54. The van der Waals surface area contributed by atoms with E-state index < -0.39 is 0 Å². The molecule has 2 aromatic heterocycles. The number of rotatable bonds is 3. The van der Waals surface area contributed by atoms with Crippen LogP contribution in [-0.2, 0) is 5.54 Å². The molecule has 5 heteroatoms. The third-order valence-electron chi connectivity index (χ3n) is 2.31. The molecule has 0 aliphatic heterocycles. The van der Waals surface area contributed by atoms with Crippen molar-refractivity contribution in [2.75, 3.05) is 0 Å². The number of thiazole rings is 1. The highest BCUT2D eigenvalue weighted by molar-refractivity contribution is 7.18. The van der Waals surface area contributed by atoms with Crippen molar-refractivity contribution in [1.82, 2.24) is 15.0 Å². The number of aromatic nitrogens is 3. The average Bonchev–Trinajstić information content (AvgIpc) is 2.61. The summed E-state index contributed by atoms with van der Waals surface area (Å²) in [6, 6.07) is 0. The van der Waals surface area contributed by atoms with Gasteiger partial charge in [0, 0.05) is 12.4 Å². The van der Waals surface area contributed by atoms with Crippen molar-refractivity contribution in [2.45, 2.75) is 32.2 Å². The summed E-state index contributed by atoms with van der Waals surface area (Å²) in [7, 11) is 0. The Balaban J connectivity index is 2.44. The lowest BCUT2D eigenvalue weighted by Crippen LogP contribution is -2.32. The maximum absolute atomic E-state index is 6.20. The molecule has 0 spiro atoms. The van der Waals surface area contributed by atoms with Crippen LogP contribution in [0.5, 0.6) is 0 Å². The van der Waals surface area contributed by atoms with Gasteiger partial charge < -0.3 is 5.73 Å². The highest BCUT2D eigenvalue weighted by Gasteiger charge is 2.24. The summed E-state index contributed by atoms with van der Waals surface area (Å²) >= 11 is 1.53. The third-order valence-corrected chi connectivity index (χ3v) is 3.54. The van der Waals surface area contributed by atoms with Crippen molar-refractivity contribution in [3.8, 4) is 0 Å². The summed E-state index contributed by atoms with van der Waals surface area (Å²) in [5, 5.41) is 0.922. The van der Waals surface area contributed by atoms with Crippen LogP contribution in [0.1, 0.15) is 31.7 Å². The molecule has 0 saturated heterocycles. The number of fused-ring (bicyclic) bond motifs is 1. The monoisotopic (exact) mass is 222 g/mol. The predicted octanol–water partition coefficient (Wildman–Crippen LogP) is 2.06. The largest absolute Gasteiger partial charge is 0.320 e. The fraction of sp³-hybridized carbons (Fsp3) is 0.500. The molecule has 2 aromatic rings. The van der Waals surface area contributed by atoms with Gasteiger partial charge in [0.1, 0.15) is 5.01 Å². The fourth-order valence-electron chi connectivity index (χ4n) is 1.55. The van der Waals surface area contributed by atoms with Crippen molar-refractivity contribution < 1.29 is 0 Å². The van der Waals surface area contributed by atoms with Crippen molar-refractivity contribution in [2.24, 2.45) is 5.73 Å². The van der Waals surface area contributed by atoms with Gasteiger partial charge in [-0.05, 0) is 13.3 Å². The molecule has 0 saturated carbocycles. The van der Waals surface area contributed by atoms with Gasteiger partial charge in [0.2, 0.25) is 0 Å². The van der Waals surface area contributed by atoms with Crippen molar-refractivity contribution in [3.63, 3.8) is 0 Å².